The van der Waals surface area contributed by atoms with Crippen LogP contribution in [0.3, 0.4) is 0 Å². The smallest absolute Gasteiger partial charge is 0.335 e. The average Bonchev–Trinajstić information content (AvgIpc) is 2.75. The van der Waals surface area contributed by atoms with Gasteiger partial charge in [-0.05, 0) is 40.0 Å². The van der Waals surface area contributed by atoms with Crippen molar-refractivity contribution < 1.29 is 9.90 Å². The van der Waals surface area contributed by atoms with E-state index < -0.39 is 5.97 Å². The van der Waals surface area contributed by atoms with Gasteiger partial charge in [0.25, 0.3) is 0 Å². The van der Waals surface area contributed by atoms with Crippen LogP contribution in [-0.2, 0) is 6.42 Å². The van der Waals surface area contributed by atoms with E-state index in [0.29, 0.717) is 5.56 Å². The van der Waals surface area contributed by atoms with Crippen LogP contribution in [0.4, 0.5) is 5.13 Å². The van der Waals surface area contributed by atoms with Gasteiger partial charge in [-0.15, -0.1) is 11.3 Å². The van der Waals surface area contributed by atoms with Crippen LogP contribution in [-0.4, -0.2) is 22.6 Å². The summed E-state index contributed by atoms with van der Waals surface area (Å²) in [4.78, 5) is 15.0. The predicted octanol–water partition coefficient (Wildman–Crippen LogP) is 3.26. The van der Waals surface area contributed by atoms with Gasteiger partial charge in [-0.3, -0.25) is 0 Å². The molecule has 0 saturated carbocycles. The number of aromatic nitrogens is 1. The van der Waals surface area contributed by atoms with Gasteiger partial charge in [-0.25, -0.2) is 9.78 Å². The largest absolute Gasteiger partial charge is 0.478 e. The van der Waals surface area contributed by atoms with Crippen LogP contribution in [0.1, 0.15) is 15.9 Å². The average molecular weight is 327 g/mol. The normalized spacial score (nSPS) is 10.3. The number of carboxylic acids is 1. The third-order valence-corrected chi connectivity index (χ3v) is 3.85. The van der Waals surface area contributed by atoms with Crippen LogP contribution in [0.5, 0.6) is 0 Å². The lowest BCUT2D eigenvalue weighted by Crippen LogP contribution is -2.05. The van der Waals surface area contributed by atoms with Crippen molar-refractivity contribution >= 4 is 38.4 Å². The van der Waals surface area contributed by atoms with Crippen molar-refractivity contribution in [1.29, 1.82) is 0 Å². The maximum atomic E-state index is 10.8. The van der Waals surface area contributed by atoms with Crippen molar-refractivity contribution in [3.63, 3.8) is 0 Å². The molecule has 0 saturated heterocycles. The third kappa shape index (κ3) is 3.54. The number of aromatic carboxylic acids is 1. The van der Waals surface area contributed by atoms with E-state index in [2.05, 4.69) is 26.2 Å². The second-order valence-corrected chi connectivity index (χ2v) is 5.33. The lowest BCUT2D eigenvalue weighted by molar-refractivity contribution is 0.0697. The molecule has 0 spiro atoms. The zero-order chi connectivity index (χ0) is 13.0. The van der Waals surface area contributed by atoms with Crippen LogP contribution in [0.15, 0.2) is 34.2 Å². The molecule has 2 aromatic rings. The van der Waals surface area contributed by atoms with E-state index in [0.717, 1.165) is 28.3 Å². The second kappa shape index (κ2) is 5.97. The number of carbonyl (C=O) groups is 1. The van der Waals surface area contributed by atoms with Gasteiger partial charge < -0.3 is 10.4 Å². The number of hydrogen-bond acceptors (Lipinski definition) is 4. The molecule has 0 aliphatic heterocycles. The van der Waals surface area contributed by atoms with Crippen molar-refractivity contribution in [2.45, 2.75) is 6.42 Å². The second-order valence-electron chi connectivity index (χ2n) is 3.66. The van der Waals surface area contributed by atoms with E-state index in [1.807, 2.05) is 11.4 Å². The Morgan fingerprint density at radius 1 is 1.50 bits per heavy atom. The summed E-state index contributed by atoms with van der Waals surface area (Å²) in [6.45, 7) is 0.725. The van der Waals surface area contributed by atoms with Crippen molar-refractivity contribution in [3.05, 3.63) is 45.4 Å². The summed E-state index contributed by atoms with van der Waals surface area (Å²) in [5, 5.41) is 14.8. The molecule has 0 atom stereocenters. The van der Waals surface area contributed by atoms with E-state index in [1.54, 1.807) is 18.2 Å². The Bertz CT molecular complexity index is 557. The van der Waals surface area contributed by atoms with Crippen LogP contribution < -0.4 is 5.32 Å². The fourth-order valence-corrected chi connectivity index (χ4v) is 2.68. The number of nitrogens with zero attached hydrogens (tertiary/aromatic N) is 1. The molecule has 0 bridgehead atoms. The van der Waals surface area contributed by atoms with Gasteiger partial charge in [0.05, 0.1) is 5.56 Å². The number of thiazole rings is 1. The number of halogens is 1. The number of nitrogens with one attached hydrogen (secondary N) is 1. The van der Waals surface area contributed by atoms with Crippen LogP contribution in [0, 0.1) is 0 Å². The summed E-state index contributed by atoms with van der Waals surface area (Å²) in [5.41, 5.74) is 1.32. The minimum absolute atomic E-state index is 0.324. The fraction of sp³-hybridized carbons (Fsp3) is 0.167. The highest BCUT2D eigenvalue weighted by atomic mass is 79.9. The van der Waals surface area contributed by atoms with Crippen LogP contribution in [0.2, 0.25) is 0 Å². The van der Waals surface area contributed by atoms with E-state index in [1.165, 1.54) is 11.3 Å². The Morgan fingerprint density at radius 3 is 3.00 bits per heavy atom. The highest BCUT2D eigenvalue weighted by Crippen LogP contribution is 2.19. The van der Waals surface area contributed by atoms with Gasteiger partial charge in [0.15, 0.2) is 5.13 Å². The summed E-state index contributed by atoms with van der Waals surface area (Å²) >= 11 is 4.82. The van der Waals surface area contributed by atoms with Gasteiger partial charge >= 0.3 is 5.97 Å². The molecule has 0 aliphatic rings. The molecule has 6 heteroatoms. The summed E-state index contributed by atoms with van der Waals surface area (Å²) in [7, 11) is 0. The SMILES string of the molecule is O=C(O)c1cccc(CCNc2nc(Br)cs2)c1. The van der Waals surface area contributed by atoms with Crippen LogP contribution >= 0.6 is 27.3 Å². The molecule has 1 heterocycles. The molecule has 0 fully saturated rings. The minimum Gasteiger partial charge on any atom is -0.478 e. The Labute approximate surface area is 117 Å². The predicted molar refractivity (Wildman–Crippen MR) is 75.4 cm³/mol. The fourth-order valence-electron chi connectivity index (χ4n) is 1.51. The summed E-state index contributed by atoms with van der Waals surface area (Å²) in [6, 6.07) is 6.98. The van der Waals surface area contributed by atoms with Gasteiger partial charge in [-0.1, -0.05) is 12.1 Å². The molecular weight excluding hydrogens is 316 g/mol. The Kier molecular flexibility index (Phi) is 4.33. The van der Waals surface area contributed by atoms with E-state index in [4.69, 9.17) is 5.11 Å². The lowest BCUT2D eigenvalue weighted by Gasteiger charge is -2.04. The van der Waals surface area contributed by atoms with Crippen molar-refractivity contribution in [3.8, 4) is 0 Å². The number of rotatable bonds is 5. The first-order chi connectivity index (χ1) is 8.65. The number of benzene rings is 1. The first-order valence-corrected chi connectivity index (χ1v) is 6.99. The zero-order valence-electron chi connectivity index (χ0n) is 9.39. The summed E-state index contributed by atoms with van der Waals surface area (Å²) in [6.07, 6.45) is 0.762. The zero-order valence-corrected chi connectivity index (χ0v) is 11.8. The molecule has 1 aromatic heterocycles. The first-order valence-electron chi connectivity index (χ1n) is 5.32. The Hall–Kier alpha value is -1.40. The molecule has 4 nitrogen and oxygen atoms in total. The first kappa shape index (κ1) is 13.0. The molecular formula is C12H11BrN2O2S. The Morgan fingerprint density at radius 2 is 2.33 bits per heavy atom. The van der Waals surface area contributed by atoms with E-state index >= 15 is 0 Å². The quantitative estimate of drug-likeness (QED) is 0.885. The van der Waals surface area contributed by atoms with E-state index in [-0.39, 0.29) is 0 Å². The summed E-state index contributed by atoms with van der Waals surface area (Å²) < 4.78 is 0.822. The molecule has 2 N–H and O–H groups in total. The number of anilines is 1. The van der Waals surface area contributed by atoms with Gasteiger partial charge in [-0.2, -0.15) is 0 Å². The molecule has 1 aromatic carbocycles. The molecule has 0 radical (unpaired) electrons. The monoisotopic (exact) mass is 326 g/mol. The Balaban J connectivity index is 1.90. The maximum absolute atomic E-state index is 10.8. The molecule has 94 valence electrons. The summed E-state index contributed by atoms with van der Waals surface area (Å²) in [5.74, 6) is -0.895. The lowest BCUT2D eigenvalue weighted by atomic mass is 10.1. The molecule has 0 aliphatic carbocycles. The van der Waals surface area contributed by atoms with Crippen LogP contribution in [0.25, 0.3) is 0 Å². The molecule has 18 heavy (non-hydrogen) atoms. The van der Waals surface area contributed by atoms with Gasteiger partial charge in [0, 0.05) is 11.9 Å². The topological polar surface area (TPSA) is 62.2 Å². The number of hydrogen-bond donors (Lipinski definition) is 2. The highest BCUT2D eigenvalue weighted by Gasteiger charge is 2.03. The van der Waals surface area contributed by atoms with Gasteiger partial charge in [0.1, 0.15) is 4.60 Å². The highest BCUT2D eigenvalue weighted by molar-refractivity contribution is 9.10. The third-order valence-electron chi connectivity index (χ3n) is 2.34. The van der Waals surface area contributed by atoms with E-state index in [9.17, 15) is 4.79 Å². The van der Waals surface area contributed by atoms with Gasteiger partial charge in [0.2, 0.25) is 0 Å². The number of carboxylic acid groups (broad SMARTS) is 1. The molecule has 0 unspecified atom stereocenters. The molecule has 2 rings (SSSR count). The standard InChI is InChI=1S/C12H11BrN2O2S/c13-10-7-18-12(15-10)14-5-4-8-2-1-3-9(6-8)11(16)17/h1-3,6-7H,4-5H2,(H,14,15)(H,16,17). The molecule has 0 amide bonds. The van der Waals surface area contributed by atoms with Crippen molar-refractivity contribution in [2.75, 3.05) is 11.9 Å². The minimum atomic E-state index is -0.895. The van der Waals surface area contributed by atoms with Crippen molar-refractivity contribution in [1.82, 2.24) is 4.98 Å². The maximum Gasteiger partial charge on any atom is 0.335 e. The van der Waals surface area contributed by atoms with Crippen molar-refractivity contribution in [2.24, 2.45) is 0 Å².